The number of hydrogen-bond donors (Lipinski definition) is 1. The predicted octanol–water partition coefficient (Wildman–Crippen LogP) is 5.14. The van der Waals surface area contributed by atoms with Crippen LogP contribution in [0.4, 0.5) is 17.6 Å². The molecular weight excluding hydrogens is 448 g/mol. The van der Waals surface area contributed by atoms with Gasteiger partial charge in [0.1, 0.15) is 11.6 Å². The van der Waals surface area contributed by atoms with Crippen LogP contribution < -0.4 is 5.32 Å². The Hall–Kier alpha value is -1.67. The van der Waals surface area contributed by atoms with Crippen LogP contribution in [0.2, 0.25) is 5.02 Å². The van der Waals surface area contributed by atoms with Gasteiger partial charge in [-0.1, -0.05) is 11.6 Å². The number of fused-ring (bicyclic) bond motifs is 2. The van der Waals surface area contributed by atoms with Crippen molar-refractivity contribution in [2.24, 2.45) is 11.3 Å². The Morgan fingerprint density at radius 1 is 1.12 bits per heavy atom. The Morgan fingerprint density at radius 3 is 2.34 bits per heavy atom. The van der Waals surface area contributed by atoms with Crippen LogP contribution in [-0.4, -0.2) is 47.9 Å². The number of halogens is 5. The Morgan fingerprint density at radius 2 is 1.78 bits per heavy atom. The van der Waals surface area contributed by atoms with Crippen LogP contribution in [0.3, 0.4) is 0 Å². The van der Waals surface area contributed by atoms with Gasteiger partial charge in [-0.3, -0.25) is 14.5 Å². The lowest BCUT2D eigenvalue weighted by atomic mass is 9.90. The number of piperidine rings is 1. The normalized spacial score (nSPS) is 26.7. The molecule has 4 nitrogen and oxygen atoms in total. The summed E-state index contributed by atoms with van der Waals surface area (Å²) in [6.07, 6.45) is -0.682. The van der Waals surface area contributed by atoms with Crippen LogP contribution in [0.25, 0.3) is 0 Å². The van der Waals surface area contributed by atoms with Crippen molar-refractivity contribution in [3.63, 3.8) is 0 Å². The van der Waals surface area contributed by atoms with Gasteiger partial charge in [0.15, 0.2) is 0 Å². The first-order chi connectivity index (χ1) is 15.1. The molecule has 1 unspecified atom stereocenters. The lowest BCUT2D eigenvalue weighted by Crippen LogP contribution is -2.46. The molecule has 1 saturated carbocycles. The van der Waals surface area contributed by atoms with Gasteiger partial charge in [0.05, 0.1) is 5.41 Å². The number of nitrogens with zero attached hydrogens (tertiary/aromatic N) is 1. The molecule has 1 N–H and O–H groups in total. The van der Waals surface area contributed by atoms with Crippen LogP contribution in [0.15, 0.2) is 18.2 Å². The summed E-state index contributed by atoms with van der Waals surface area (Å²) in [7, 11) is 0. The van der Waals surface area contributed by atoms with E-state index in [0.29, 0.717) is 13.1 Å². The third kappa shape index (κ3) is 5.11. The van der Waals surface area contributed by atoms with Crippen LogP contribution in [0.1, 0.15) is 61.7 Å². The number of hydrogen-bond acceptors (Lipinski definition) is 3. The molecular formula is C23H27ClF4N2O2. The summed E-state index contributed by atoms with van der Waals surface area (Å²) in [5.41, 5.74) is -1.58. The lowest BCUT2D eigenvalue weighted by molar-refractivity contribution is -0.190. The second-order valence-corrected chi connectivity index (χ2v) is 10.0. The number of amides is 1. The minimum Gasteiger partial charge on any atom is -0.352 e. The zero-order valence-electron chi connectivity index (χ0n) is 17.7. The van der Waals surface area contributed by atoms with E-state index in [-0.39, 0.29) is 59.5 Å². The first-order valence-corrected chi connectivity index (χ1v) is 11.5. The van der Waals surface area contributed by atoms with Crippen molar-refractivity contribution in [1.82, 2.24) is 10.2 Å². The Kier molecular flexibility index (Phi) is 6.56. The molecule has 4 rings (SSSR count). The molecule has 3 atom stereocenters. The number of rotatable bonds is 8. The van der Waals surface area contributed by atoms with Crippen molar-refractivity contribution in [2.75, 3.05) is 13.1 Å². The van der Waals surface area contributed by atoms with Crippen molar-refractivity contribution in [3.8, 4) is 0 Å². The third-order valence-corrected chi connectivity index (χ3v) is 7.52. The molecule has 0 aromatic heterocycles. The van der Waals surface area contributed by atoms with Gasteiger partial charge in [-0.25, -0.2) is 4.39 Å². The third-order valence-electron chi connectivity index (χ3n) is 7.30. The number of Topliss-reactive ketones (excluding diaryl/α,β-unsaturated/α-hetero) is 1. The highest BCUT2D eigenvalue weighted by Crippen LogP contribution is 2.60. The van der Waals surface area contributed by atoms with Gasteiger partial charge in [0.25, 0.3) is 5.91 Å². The van der Waals surface area contributed by atoms with E-state index in [2.05, 4.69) is 10.2 Å². The van der Waals surface area contributed by atoms with E-state index in [9.17, 15) is 27.2 Å². The fraction of sp³-hybridized carbons (Fsp3) is 0.652. The summed E-state index contributed by atoms with van der Waals surface area (Å²) in [6.45, 7) is 0.976. The Bertz CT molecular complexity index is 853. The molecule has 2 saturated heterocycles. The minimum atomic E-state index is -4.29. The maximum absolute atomic E-state index is 13.5. The zero-order chi connectivity index (χ0) is 23.1. The standard InChI is InChI=1S/C23H27ClF4N2O2/c24-16-9-15(10-17(25)11-16)21(32)29-13-14-7-18-1-2-19(8-14)30(18)6-3-20(31)12-22(4-5-22)23(26,27)28/h9-11,14,18-19H,1-8,12-13H2,(H,29,32)/t14?,18-,19+. The number of carbonyl (C=O) groups excluding carboxylic acids is 2. The highest BCUT2D eigenvalue weighted by molar-refractivity contribution is 6.31. The van der Waals surface area contributed by atoms with Crippen molar-refractivity contribution in [3.05, 3.63) is 34.6 Å². The molecule has 1 aliphatic carbocycles. The van der Waals surface area contributed by atoms with E-state index >= 15 is 0 Å². The van der Waals surface area contributed by atoms with Crippen molar-refractivity contribution in [2.45, 2.75) is 69.6 Å². The van der Waals surface area contributed by atoms with Gasteiger partial charge >= 0.3 is 6.18 Å². The maximum Gasteiger partial charge on any atom is 0.394 e. The minimum absolute atomic E-state index is 0.0619. The second kappa shape index (κ2) is 8.93. The van der Waals surface area contributed by atoms with E-state index in [1.807, 2.05) is 0 Å². The SMILES string of the molecule is O=C(CCN1[C@@H]2CC[C@H]1CC(CNC(=O)c1cc(F)cc(Cl)c1)C2)CC1(C(F)(F)F)CC1. The summed E-state index contributed by atoms with van der Waals surface area (Å²) in [5.74, 6) is -0.966. The molecule has 1 aromatic carbocycles. The fourth-order valence-corrected chi connectivity index (χ4v) is 5.60. The van der Waals surface area contributed by atoms with E-state index in [0.717, 1.165) is 37.8 Å². The molecule has 176 valence electrons. The molecule has 2 bridgehead atoms. The van der Waals surface area contributed by atoms with Gasteiger partial charge in [-0.05, 0) is 62.6 Å². The number of benzene rings is 1. The smallest absolute Gasteiger partial charge is 0.352 e. The van der Waals surface area contributed by atoms with Crippen molar-refractivity contribution < 1.29 is 27.2 Å². The molecule has 3 fully saturated rings. The van der Waals surface area contributed by atoms with Crippen LogP contribution in [0, 0.1) is 17.2 Å². The summed E-state index contributed by atoms with van der Waals surface area (Å²) in [6, 6.07) is 4.28. The van der Waals surface area contributed by atoms with E-state index in [4.69, 9.17) is 11.6 Å². The predicted molar refractivity (Wildman–Crippen MR) is 112 cm³/mol. The average molecular weight is 475 g/mol. The quantitative estimate of drug-likeness (QED) is 0.530. The average Bonchev–Trinajstić information content (AvgIpc) is 3.44. The van der Waals surface area contributed by atoms with E-state index < -0.39 is 23.8 Å². The van der Waals surface area contributed by atoms with E-state index in [1.165, 1.54) is 6.07 Å². The number of nitrogens with one attached hydrogen (secondary N) is 1. The first kappa shape index (κ1) is 23.5. The molecule has 32 heavy (non-hydrogen) atoms. The maximum atomic E-state index is 13.5. The van der Waals surface area contributed by atoms with Gasteiger partial charge in [0.2, 0.25) is 0 Å². The number of ketones is 1. The second-order valence-electron chi connectivity index (χ2n) is 9.57. The molecule has 1 amide bonds. The summed E-state index contributed by atoms with van der Waals surface area (Å²) in [5, 5.41) is 3.03. The molecule has 9 heteroatoms. The number of alkyl halides is 3. The van der Waals surface area contributed by atoms with Gasteiger partial charge in [-0.2, -0.15) is 13.2 Å². The molecule has 3 aliphatic rings. The molecule has 2 aliphatic heterocycles. The van der Waals surface area contributed by atoms with Crippen LogP contribution in [-0.2, 0) is 4.79 Å². The van der Waals surface area contributed by atoms with Crippen molar-refractivity contribution in [1.29, 1.82) is 0 Å². The van der Waals surface area contributed by atoms with Crippen LogP contribution in [0.5, 0.6) is 0 Å². The van der Waals surface area contributed by atoms with Crippen molar-refractivity contribution >= 4 is 23.3 Å². The zero-order valence-corrected chi connectivity index (χ0v) is 18.4. The molecule has 1 aromatic rings. The molecule has 0 spiro atoms. The molecule has 2 heterocycles. The van der Waals surface area contributed by atoms with Gasteiger partial charge in [0, 0.05) is 48.6 Å². The monoisotopic (exact) mass is 474 g/mol. The highest BCUT2D eigenvalue weighted by atomic mass is 35.5. The highest BCUT2D eigenvalue weighted by Gasteiger charge is 2.63. The topological polar surface area (TPSA) is 49.4 Å². The summed E-state index contributed by atoms with van der Waals surface area (Å²) >= 11 is 5.81. The van der Waals surface area contributed by atoms with Crippen LogP contribution >= 0.6 is 11.6 Å². The Balaban J connectivity index is 1.24. The Labute approximate surface area is 189 Å². The first-order valence-electron chi connectivity index (χ1n) is 11.1. The largest absolute Gasteiger partial charge is 0.394 e. The van der Waals surface area contributed by atoms with E-state index in [1.54, 1.807) is 0 Å². The lowest BCUT2D eigenvalue weighted by Gasteiger charge is -2.39. The summed E-state index contributed by atoms with van der Waals surface area (Å²) < 4.78 is 52.7. The molecule has 0 radical (unpaired) electrons. The van der Waals surface area contributed by atoms with Gasteiger partial charge in [-0.15, -0.1) is 0 Å². The number of carbonyl (C=O) groups is 2. The van der Waals surface area contributed by atoms with Gasteiger partial charge < -0.3 is 5.32 Å². The fourth-order valence-electron chi connectivity index (χ4n) is 5.37. The summed E-state index contributed by atoms with van der Waals surface area (Å²) in [4.78, 5) is 26.8.